The number of aliphatic carboxylic acids is 1. The van der Waals surface area contributed by atoms with Crippen LogP contribution in [0.4, 0.5) is 4.39 Å². The van der Waals surface area contributed by atoms with Crippen LogP contribution in [-0.4, -0.2) is 29.1 Å². The van der Waals surface area contributed by atoms with Gasteiger partial charge in [0.1, 0.15) is 17.6 Å². The maximum absolute atomic E-state index is 12.9. The smallest absolute Gasteiger partial charge is 0.326 e. The van der Waals surface area contributed by atoms with Gasteiger partial charge in [0.15, 0.2) is 6.10 Å². The van der Waals surface area contributed by atoms with Crippen molar-refractivity contribution in [2.75, 3.05) is 0 Å². The summed E-state index contributed by atoms with van der Waals surface area (Å²) in [6.07, 6.45) is -0.964. The molecule has 0 aliphatic heterocycles. The molecule has 7 heteroatoms. The lowest BCUT2D eigenvalue weighted by molar-refractivity contribution is -0.144. The Bertz CT molecular complexity index is 536. The molecule has 116 valence electrons. The van der Waals surface area contributed by atoms with Gasteiger partial charge in [0, 0.05) is 0 Å². The van der Waals surface area contributed by atoms with E-state index in [9.17, 15) is 14.0 Å². The minimum absolute atomic E-state index is 0.0355. The van der Waals surface area contributed by atoms with Crippen molar-refractivity contribution in [1.29, 1.82) is 0 Å². The number of amides is 1. The van der Waals surface area contributed by atoms with Crippen LogP contribution >= 0.6 is 11.6 Å². The number of nitrogens with one attached hydrogen (secondary N) is 1. The molecular weight excluding hydrogens is 301 g/mol. The molecule has 0 saturated carbocycles. The Labute approximate surface area is 127 Å². The summed E-state index contributed by atoms with van der Waals surface area (Å²) >= 11 is 5.79. The predicted molar refractivity (Wildman–Crippen MR) is 75.9 cm³/mol. The minimum atomic E-state index is -1.12. The fraction of sp³-hybridized carbons (Fsp3) is 0.429. The van der Waals surface area contributed by atoms with E-state index in [0.717, 1.165) is 12.1 Å². The number of carbonyl (C=O) groups is 2. The lowest BCUT2D eigenvalue weighted by Crippen LogP contribution is -2.48. The zero-order valence-corrected chi connectivity index (χ0v) is 12.6. The average Bonchev–Trinajstić information content (AvgIpc) is 2.37. The van der Waals surface area contributed by atoms with E-state index in [-0.39, 0.29) is 16.7 Å². The number of ether oxygens (including phenoxy) is 1. The summed E-state index contributed by atoms with van der Waals surface area (Å²) in [4.78, 5) is 23.0. The Morgan fingerprint density at radius 3 is 2.43 bits per heavy atom. The number of rotatable bonds is 6. The van der Waals surface area contributed by atoms with Crippen molar-refractivity contribution < 1.29 is 23.8 Å². The Morgan fingerprint density at radius 1 is 1.33 bits per heavy atom. The Hall–Kier alpha value is -1.82. The van der Waals surface area contributed by atoms with E-state index in [1.165, 1.54) is 13.0 Å². The Morgan fingerprint density at radius 2 is 1.95 bits per heavy atom. The first-order valence-electron chi connectivity index (χ1n) is 6.37. The van der Waals surface area contributed by atoms with Crippen LogP contribution in [0, 0.1) is 11.7 Å². The van der Waals surface area contributed by atoms with Crippen LogP contribution in [0.3, 0.4) is 0 Å². The molecule has 0 heterocycles. The first kappa shape index (κ1) is 17.2. The summed E-state index contributed by atoms with van der Waals surface area (Å²) < 4.78 is 18.2. The predicted octanol–water partition coefficient (Wildman–Crippen LogP) is 2.47. The molecule has 2 atom stereocenters. The molecular formula is C14H17ClFNO4. The molecule has 21 heavy (non-hydrogen) atoms. The molecule has 1 unspecified atom stereocenters. The van der Waals surface area contributed by atoms with E-state index in [0.29, 0.717) is 0 Å². The summed E-state index contributed by atoms with van der Waals surface area (Å²) in [6.45, 7) is 4.82. The molecule has 0 bridgehead atoms. The second-order valence-corrected chi connectivity index (χ2v) is 5.31. The van der Waals surface area contributed by atoms with Crippen molar-refractivity contribution in [2.45, 2.75) is 32.9 Å². The molecule has 1 rings (SSSR count). The summed E-state index contributed by atoms with van der Waals surface area (Å²) in [6, 6.07) is 2.51. The molecule has 0 aliphatic rings. The highest BCUT2D eigenvalue weighted by Gasteiger charge is 2.26. The van der Waals surface area contributed by atoms with Crippen molar-refractivity contribution in [3.05, 3.63) is 29.0 Å². The van der Waals surface area contributed by atoms with Gasteiger partial charge in [-0.3, -0.25) is 4.79 Å². The largest absolute Gasteiger partial charge is 0.480 e. The summed E-state index contributed by atoms with van der Waals surface area (Å²) in [5.41, 5.74) is 0. The molecule has 0 aromatic heterocycles. The average molecular weight is 318 g/mol. The first-order chi connectivity index (χ1) is 9.72. The molecule has 1 aromatic carbocycles. The van der Waals surface area contributed by atoms with Crippen LogP contribution in [0.15, 0.2) is 18.2 Å². The van der Waals surface area contributed by atoms with Crippen LogP contribution in [0.1, 0.15) is 20.8 Å². The number of hydrogen-bond acceptors (Lipinski definition) is 3. The maximum Gasteiger partial charge on any atom is 0.326 e. The number of carbonyl (C=O) groups excluding carboxylic acids is 1. The summed E-state index contributed by atoms with van der Waals surface area (Å²) in [5, 5.41) is 11.4. The summed E-state index contributed by atoms with van der Waals surface area (Å²) in [5.74, 6) is -2.35. The molecule has 2 N–H and O–H groups in total. The minimum Gasteiger partial charge on any atom is -0.480 e. The van der Waals surface area contributed by atoms with Crippen LogP contribution in [0.2, 0.25) is 5.02 Å². The van der Waals surface area contributed by atoms with Gasteiger partial charge in [-0.15, -0.1) is 0 Å². The van der Waals surface area contributed by atoms with E-state index in [1.807, 2.05) is 0 Å². The Balaban J connectivity index is 2.72. The van der Waals surface area contributed by atoms with Gasteiger partial charge in [-0.1, -0.05) is 25.4 Å². The van der Waals surface area contributed by atoms with E-state index in [4.69, 9.17) is 21.4 Å². The third-order valence-corrected chi connectivity index (χ3v) is 3.09. The Kier molecular flexibility index (Phi) is 5.96. The number of halogens is 2. The quantitative estimate of drug-likeness (QED) is 0.845. The first-order valence-corrected chi connectivity index (χ1v) is 6.75. The third kappa shape index (κ3) is 4.90. The van der Waals surface area contributed by atoms with Crippen LogP contribution in [0.25, 0.3) is 0 Å². The lowest BCUT2D eigenvalue weighted by Gasteiger charge is -2.21. The van der Waals surface area contributed by atoms with Crippen molar-refractivity contribution in [1.82, 2.24) is 5.32 Å². The fourth-order valence-corrected chi connectivity index (χ4v) is 1.81. The zero-order valence-electron chi connectivity index (χ0n) is 11.9. The standard InChI is InChI=1S/C14H17ClFNO4/c1-7(2)12(14(19)20)17-13(18)8(3)21-11-5-4-9(16)6-10(11)15/h4-8,12H,1-3H3,(H,17,18)(H,19,20)/t8?,12-/m0/s1. The van der Waals surface area contributed by atoms with Gasteiger partial charge < -0.3 is 15.2 Å². The molecule has 0 spiro atoms. The number of benzene rings is 1. The van der Waals surface area contributed by atoms with E-state index < -0.39 is 29.8 Å². The zero-order chi connectivity index (χ0) is 16.2. The van der Waals surface area contributed by atoms with Crippen molar-refractivity contribution in [2.24, 2.45) is 5.92 Å². The fourth-order valence-electron chi connectivity index (χ4n) is 1.60. The van der Waals surface area contributed by atoms with Crippen LogP contribution in [0.5, 0.6) is 5.75 Å². The number of carboxylic acids is 1. The summed E-state index contributed by atoms with van der Waals surface area (Å²) in [7, 11) is 0. The highest BCUT2D eigenvalue weighted by molar-refractivity contribution is 6.32. The van der Waals surface area contributed by atoms with Gasteiger partial charge in [-0.2, -0.15) is 0 Å². The molecule has 5 nitrogen and oxygen atoms in total. The monoisotopic (exact) mass is 317 g/mol. The van der Waals surface area contributed by atoms with E-state index in [1.54, 1.807) is 13.8 Å². The van der Waals surface area contributed by atoms with Gasteiger partial charge in [0.2, 0.25) is 0 Å². The molecule has 1 aromatic rings. The van der Waals surface area contributed by atoms with E-state index in [2.05, 4.69) is 5.32 Å². The second-order valence-electron chi connectivity index (χ2n) is 4.90. The SMILES string of the molecule is CC(Oc1ccc(F)cc1Cl)C(=O)N[C@H](C(=O)O)C(C)C. The molecule has 0 aliphatic carbocycles. The highest BCUT2D eigenvalue weighted by atomic mass is 35.5. The molecule has 0 fully saturated rings. The number of carboxylic acid groups (broad SMARTS) is 1. The van der Waals surface area contributed by atoms with Crippen LogP contribution < -0.4 is 10.1 Å². The normalized spacial score (nSPS) is 13.6. The van der Waals surface area contributed by atoms with Crippen molar-refractivity contribution >= 4 is 23.5 Å². The highest BCUT2D eigenvalue weighted by Crippen LogP contribution is 2.25. The lowest BCUT2D eigenvalue weighted by atomic mass is 10.0. The maximum atomic E-state index is 12.9. The van der Waals surface area contributed by atoms with Crippen molar-refractivity contribution in [3.63, 3.8) is 0 Å². The topological polar surface area (TPSA) is 75.6 Å². The molecule has 0 saturated heterocycles. The molecule has 0 radical (unpaired) electrons. The van der Waals surface area contributed by atoms with Gasteiger partial charge in [0.05, 0.1) is 5.02 Å². The van der Waals surface area contributed by atoms with Gasteiger partial charge in [-0.25, -0.2) is 9.18 Å². The third-order valence-electron chi connectivity index (χ3n) is 2.80. The molecule has 1 amide bonds. The second kappa shape index (κ2) is 7.26. The van der Waals surface area contributed by atoms with Crippen molar-refractivity contribution in [3.8, 4) is 5.75 Å². The number of hydrogen-bond donors (Lipinski definition) is 2. The van der Waals surface area contributed by atoms with Gasteiger partial charge in [-0.05, 0) is 31.0 Å². The van der Waals surface area contributed by atoms with E-state index >= 15 is 0 Å². The van der Waals surface area contributed by atoms with Gasteiger partial charge >= 0.3 is 5.97 Å². The van der Waals surface area contributed by atoms with Crippen LogP contribution in [-0.2, 0) is 9.59 Å². The van der Waals surface area contributed by atoms with Gasteiger partial charge in [0.25, 0.3) is 5.91 Å².